The lowest BCUT2D eigenvalue weighted by atomic mass is 10.1. The Balaban J connectivity index is 2.89. The number of aliphatic hydroxyl groups is 1. The maximum atomic E-state index is 11.9. The monoisotopic (exact) mass is 287 g/mol. The number of amides is 1. The van der Waals surface area contributed by atoms with Gasteiger partial charge in [-0.25, -0.2) is 0 Å². The highest BCUT2D eigenvalue weighted by molar-refractivity contribution is 6.32. The number of halogens is 1. The van der Waals surface area contributed by atoms with Gasteiger partial charge in [0.05, 0.1) is 19.2 Å². The van der Waals surface area contributed by atoms with E-state index in [0.29, 0.717) is 28.6 Å². The van der Waals surface area contributed by atoms with E-state index in [1.54, 1.807) is 6.07 Å². The highest BCUT2D eigenvalue weighted by atomic mass is 35.5. The largest absolute Gasteiger partial charge is 0.493 e. The second kappa shape index (κ2) is 7.21. The number of carbonyl (C=O) groups excluding carboxylic acids is 1. The minimum Gasteiger partial charge on any atom is -0.493 e. The van der Waals surface area contributed by atoms with Crippen LogP contribution >= 0.6 is 11.6 Å². The van der Waals surface area contributed by atoms with Crippen LogP contribution in [0.2, 0.25) is 5.02 Å². The van der Waals surface area contributed by atoms with Crippen molar-refractivity contribution in [1.82, 2.24) is 5.32 Å². The number of benzene rings is 1. The Morgan fingerprint density at radius 3 is 2.63 bits per heavy atom. The van der Waals surface area contributed by atoms with Gasteiger partial charge in [-0.2, -0.15) is 0 Å². The average Bonchev–Trinajstić information content (AvgIpc) is 2.43. The fourth-order valence-electron chi connectivity index (χ4n) is 1.48. The summed E-state index contributed by atoms with van der Waals surface area (Å²) in [5.41, 5.74) is 0.382. The normalized spacial score (nSPS) is 11.8. The summed E-state index contributed by atoms with van der Waals surface area (Å²) in [5.74, 6) is 0.516. The van der Waals surface area contributed by atoms with Crippen molar-refractivity contribution >= 4 is 17.5 Å². The minimum atomic E-state index is -0.275. The van der Waals surface area contributed by atoms with Gasteiger partial charge in [-0.3, -0.25) is 4.79 Å². The lowest BCUT2D eigenvalue weighted by Crippen LogP contribution is -2.29. The van der Waals surface area contributed by atoms with Crippen molar-refractivity contribution in [1.29, 1.82) is 0 Å². The standard InChI is InChI=1S/C13H18ClNO4/c1-8(7-16)6-15-13(17)9-4-10(14)12(19-3)11(5-9)18-2/h4-5,8,16H,6-7H2,1-3H3,(H,15,17). The number of hydrogen-bond donors (Lipinski definition) is 2. The minimum absolute atomic E-state index is 0.000402. The molecule has 0 heterocycles. The van der Waals surface area contributed by atoms with Crippen LogP contribution in [0.3, 0.4) is 0 Å². The van der Waals surface area contributed by atoms with Gasteiger partial charge in [-0.15, -0.1) is 0 Å². The van der Waals surface area contributed by atoms with Gasteiger partial charge in [0.1, 0.15) is 0 Å². The molecule has 0 saturated carbocycles. The Kier molecular flexibility index (Phi) is 5.92. The summed E-state index contributed by atoms with van der Waals surface area (Å²) in [5, 5.41) is 11.9. The summed E-state index contributed by atoms with van der Waals surface area (Å²) >= 11 is 6.02. The van der Waals surface area contributed by atoms with E-state index in [1.165, 1.54) is 20.3 Å². The van der Waals surface area contributed by atoms with Gasteiger partial charge in [-0.1, -0.05) is 18.5 Å². The van der Waals surface area contributed by atoms with Gasteiger partial charge >= 0.3 is 0 Å². The second-order valence-corrected chi connectivity index (χ2v) is 4.60. The zero-order valence-corrected chi connectivity index (χ0v) is 12.0. The molecule has 1 unspecified atom stereocenters. The first-order valence-corrected chi connectivity index (χ1v) is 6.21. The smallest absolute Gasteiger partial charge is 0.251 e. The lowest BCUT2D eigenvalue weighted by Gasteiger charge is -2.13. The van der Waals surface area contributed by atoms with Crippen LogP contribution in [0, 0.1) is 5.92 Å². The van der Waals surface area contributed by atoms with Crippen LogP contribution in [-0.4, -0.2) is 38.4 Å². The molecule has 19 heavy (non-hydrogen) atoms. The Hall–Kier alpha value is -1.46. The Bertz CT molecular complexity index is 451. The maximum absolute atomic E-state index is 11.9. The van der Waals surface area contributed by atoms with Crippen molar-refractivity contribution in [3.63, 3.8) is 0 Å². The molecular formula is C13H18ClNO4. The summed E-state index contributed by atoms with van der Waals surface area (Å²) in [6, 6.07) is 3.07. The first kappa shape index (κ1) is 15.6. The number of rotatable bonds is 6. The number of ether oxygens (including phenoxy) is 2. The summed E-state index contributed by atoms with van der Waals surface area (Å²) in [7, 11) is 2.95. The predicted octanol–water partition coefficient (Wildman–Crippen LogP) is 1.72. The number of hydrogen-bond acceptors (Lipinski definition) is 4. The topological polar surface area (TPSA) is 67.8 Å². The molecule has 0 saturated heterocycles. The molecular weight excluding hydrogens is 270 g/mol. The van der Waals surface area contributed by atoms with Crippen molar-refractivity contribution in [3.05, 3.63) is 22.7 Å². The lowest BCUT2D eigenvalue weighted by molar-refractivity contribution is 0.0942. The van der Waals surface area contributed by atoms with Gasteiger partial charge in [-0.05, 0) is 18.1 Å². The zero-order valence-electron chi connectivity index (χ0n) is 11.2. The fraction of sp³-hybridized carbons (Fsp3) is 0.462. The quantitative estimate of drug-likeness (QED) is 0.836. The second-order valence-electron chi connectivity index (χ2n) is 4.19. The molecule has 1 aromatic rings. The first-order chi connectivity index (χ1) is 9.03. The van der Waals surface area contributed by atoms with E-state index in [2.05, 4.69) is 5.32 Å². The van der Waals surface area contributed by atoms with Crippen LogP contribution in [0.5, 0.6) is 11.5 Å². The van der Waals surface area contributed by atoms with E-state index < -0.39 is 0 Å². The van der Waals surface area contributed by atoms with Crippen molar-refractivity contribution < 1.29 is 19.4 Å². The van der Waals surface area contributed by atoms with Gasteiger partial charge in [0, 0.05) is 18.7 Å². The van der Waals surface area contributed by atoms with Crippen LogP contribution in [-0.2, 0) is 0 Å². The highest BCUT2D eigenvalue weighted by Gasteiger charge is 2.15. The molecule has 0 radical (unpaired) electrons. The molecule has 1 aromatic carbocycles. The first-order valence-electron chi connectivity index (χ1n) is 5.84. The van der Waals surface area contributed by atoms with E-state index in [-0.39, 0.29) is 18.4 Å². The molecule has 0 aliphatic rings. The third-order valence-corrected chi connectivity index (χ3v) is 2.90. The maximum Gasteiger partial charge on any atom is 0.251 e. The summed E-state index contributed by atoms with van der Waals surface area (Å²) in [6.45, 7) is 2.25. The van der Waals surface area contributed by atoms with Gasteiger partial charge in [0.15, 0.2) is 11.5 Å². The van der Waals surface area contributed by atoms with Crippen LogP contribution in [0.25, 0.3) is 0 Å². The molecule has 106 valence electrons. The van der Waals surface area contributed by atoms with E-state index >= 15 is 0 Å². The number of methoxy groups -OCH3 is 2. The molecule has 0 aliphatic carbocycles. The summed E-state index contributed by atoms with van der Waals surface area (Å²) in [4.78, 5) is 11.9. The molecule has 0 aliphatic heterocycles. The Morgan fingerprint density at radius 1 is 1.42 bits per heavy atom. The number of carbonyl (C=O) groups is 1. The average molecular weight is 288 g/mol. The van der Waals surface area contributed by atoms with Crippen LogP contribution in [0.15, 0.2) is 12.1 Å². The molecule has 0 aromatic heterocycles. The van der Waals surface area contributed by atoms with E-state index in [9.17, 15) is 4.79 Å². The zero-order chi connectivity index (χ0) is 14.4. The Morgan fingerprint density at radius 2 is 2.11 bits per heavy atom. The molecule has 0 spiro atoms. The highest BCUT2D eigenvalue weighted by Crippen LogP contribution is 2.35. The van der Waals surface area contributed by atoms with Gasteiger partial charge in [0.2, 0.25) is 0 Å². The summed E-state index contributed by atoms with van der Waals surface area (Å²) < 4.78 is 10.2. The van der Waals surface area contributed by atoms with Crippen molar-refractivity contribution in [3.8, 4) is 11.5 Å². The van der Waals surface area contributed by atoms with Crippen molar-refractivity contribution in [2.24, 2.45) is 5.92 Å². The van der Waals surface area contributed by atoms with Gasteiger partial charge < -0.3 is 19.9 Å². The third kappa shape index (κ3) is 4.01. The molecule has 1 atom stereocenters. The fourth-order valence-corrected chi connectivity index (χ4v) is 1.77. The van der Waals surface area contributed by atoms with Crippen molar-refractivity contribution in [2.45, 2.75) is 6.92 Å². The summed E-state index contributed by atoms with van der Waals surface area (Å²) in [6.07, 6.45) is 0. The van der Waals surface area contributed by atoms with Crippen LogP contribution in [0.1, 0.15) is 17.3 Å². The molecule has 6 heteroatoms. The molecule has 5 nitrogen and oxygen atoms in total. The number of nitrogens with one attached hydrogen (secondary N) is 1. The van der Waals surface area contributed by atoms with Crippen LogP contribution in [0.4, 0.5) is 0 Å². The molecule has 1 rings (SSSR count). The SMILES string of the molecule is COc1cc(C(=O)NCC(C)CO)cc(Cl)c1OC. The molecule has 2 N–H and O–H groups in total. The Labute approximate surface area is 117 Å². The van der Waals surface area contributed by atoms with Crippen molar-refractivity contribution in [2.75, 3.05) is 27.4 Å². The molecule has 0 fully saturated rings. The van der Waals surface area contributed by atoms with E-state index in [0.717, 1.165) is 0 Å². The van der Waals surface area contributed by atoms with E-state index in [1.807, 2.05) is 6.92 Å². The predicted molar refractivity (Wildman–Crippen MR) is 73.1 cm³/mol. The molecule has 1 amide bonds. The number of aliphatic hydroxyl groups excluding tert-OH is 1. The van der Waals surface area contributed by atoms with Crippen LogP contribution < -0.4 is 14.8 Å². The molecule has 0 bridgehead atoms. The van der Waals surface area contributed by atoms with Gasteiger partial charge in [0.25, 0.3) is 5.91 Å². The third-order valence-electron chi connectivity index (χ3n) is 2.62. The van der Waals surface area contributed by atoms with E-state index in [4.69, 9.17) is 26.2 Å².